The fourth-order valence-corrected chi connectivity index (χ4v) is 1.47. The first-order valence-electron chi connectivity index (χ1n) is 5.03. The Balaban J connectivity index is 2.84. The van der Waals surface area contributed by atoms with Crippen LogP contribution in [0.1, 0.15) is 19.5 Å². The summed E-state index contributed by atoms with van der Waals surface area (Å²) in [6, 6.07) is 1.90. The molecule has 1 heterocycles. The van der Waals surface area contributed by atoms with E-state index in [4.69, 9.17) is 5.73 Å². The van der Waals surface area contributed by atoms with E-state index in [2.05, 4.69) is 10.4 Å². The molecule has 0 spiro atoms. The third-order valence-corrected chi connectivity index (χ3v) is 2.51. The highest BCUT2D eigenvalue weighted by Gasteiger charge is 2.30. The standard InChI is InChI=1S/C10H18N4O/c1-4-12-10(3,9(11)15)7-14-8(2)5-6-13-14/h5-6,12H,4,7H2,1-3H3,(H2,11,15). The van der Waals surface area contributed by atoms with Gasteiger partial charge in [-0.1, -0.05) is 6.92 Å². The quantitative estimate of drug-likeness (QED) is 0.721. The first-order valence-corrected chi connectivity index (χ1v) is 5.03. The number of aromatic nitrogens is 2. The van der Waals surface area contributed by atoms with Gasteiger partial charge in [0.1, 0.15) is 5.54 Å². The molecule has 1 rings (SSSR count). The number of aryl methyl sites for hydroxylation is 1. The highest BCUT2D eigenvalue weighted by atomic mass is 16.1. The van der Waals surface area contributed by atoms with Crippen LogP contribution in [0.2, 0.25) is 0 Å². The van der Waals surface area contributed by atoms with Gasteiger partial charge < -0.3 is 11.1 Å². The number of primary amides is 1. The van der Waals surface area contributed by atoms with Crippen molar-refractivity contribution in [3.63, 3.8) is 0 Å². The van der Waals surface area contributed by atoms with Crippen molar-refractivity contribution in [3.05, 3.63) is 18.0 Å². The van der Waals surface area contributed by atoms with Gasteiger partial charge in [0.05, 0.1) is 6.54 Å². The predicted molar refractivity (Wildman–Crippen MR) is 58.2 cm³/mol. The highest BCUT2D eigenvalue weighted by Crippen LogP contribution is 2.08. The molecule has 0 aliphatic rings. The number of nitrogens with two attached hydrogens (primary N) is 1. The minimum absolute atomic E-state index is 0.362. The number of rotatable bonds is 5. The zero-order valence-corrected chi connectivity index (χ0v) is 9.45. The molecule has 5 heteroatoms. The molecule has 1 amide bonds. The zero-order valence-electron chi connectivity index (χ0n) is 9.45. The van der Waals surface area contributed by atoms with Gasteiger partial charge in [0, 0.05) is 11.9 Å². The summed E-state index contributed by atoms with van der Waals surface area (Å²) < 4.78 is 1.77. The molecule has 1 unspecified atom stereocenters. The third-order valence-electron chi connectivity index (χ3n) is 2.51. The van der Waals surface area contributed by atoms with E-state index < -0.39 is 5.54 Å². The normalized spacial score (nSPS) is 14.9. The Morgan fingerprint density at radius 2 is 2.40 bits per heavy atom. The summed E-state index contributed by atoms with van der Waals surface area (Å²) in [6.07, 6.45) is 1.71. The average molecular weight is 210 g/mol. The van der Waals surface area contributed by atoms with Crippen LogP contribution in [0.25, 0.3) is 0 Å². The Bertz CT molecular complexity index is 347. The number of likely N-dealkylation sites (N-methyl/N-ethyl adjacent to an activating group) is 1. The molecule has 15 heavy (non-hydrogen) atoms. The summed E-state index contributed by atoms with van der Waals surface area (Å²) in [5.41, 5.74) is 5.65. The Morgan fingerprint density at radius 3 is 2.80 bits per heavy atom. The molecule has 3 N–H and O–H groups in total. The Hall–Kier alpha value is -1.36. The van der Waals surface area contributed by atoms with Crippen LogP contribution < -0.4 is 11.1 Å². The largest absolute Gasteiger partial charge is 0.368 e. The van der Waals surface area contributed by atoms with Crippen LogP contribution in [0, 0.1) is 6.92 Å². The molecule has 1 aromatic rings. The average Bonchev–Trinajstić information content (AvgIpc) is 2.52. The number of nitrogens with zero attached hydrogens (tertiary/aromatic N) is 2. The summed E-state index contributed by atoms with van der Waals surface area (Å²) in [5, 5.41) is 7.22. The fraction of sp³-hybridized carbons (Fsp3) is 0.600. The van der Waals surface area contributed by atoms with Gasteiger partial charge in [-0.25, -0.2) is 0 Å². The lowest BCUT2D eigenvalue weighted by Gasteiger charge is -2.27. The molecule has 0 radical (unpaired) electrons. The van der Waals surface area contributed by atoms with Crippen LogP contribution in [0.5, 0.6) is 0 Å². The first kappa shape index (κ1) is 11.7. The van der Waals surface area contributed by atoms with Gasteiger partial charge in [-0.3, -0.25) is 9.48 Å². The van der Waals surface area contributed by atoms with E-state index in [-0.39, 0.29) is 5.91 Å². The van der Waals surface area contributed by atoms with Gasteiger partial charge in [-0.05, 0) is 26.5 Å². The highest BCUT2D eigenvalue weighted by molar-refractivity contribution is 5.84. The van der Waals surface area contributed by atoms with Gasteiger partial charge >= 0.3 is 0 Å². The summed E-state index contributed by atoms with van der Waals surface area (Å²) >= 11 is 0. The van der Waals surface area contributed by atoms with Crippen LogP contribution in [-0.2, 0) is 11.3 Å². The molecular formula is C10H18N4O. The topological polar surface area (TPSA) is 72.9 Å². The van der Waals surface area contributed by atoms with Crippen molar-refractivity contribution in [3.8, 4) is 0 Å². The monoisotopic (exact) mass is 210 g/mol. The van der Waals surface area contributed by atoms with E-state index in [1.54, 1.807) is 17.8 Å². The first-order chi connectivity index (χ1) is 6.99. The SMILES string of the molecule is CCNC(C)(Cn1nccc1C)C(N)=O. The molecule has 0 saturated carbocycles. The molecule has 0 fully saturated rings. The number of carbonyl (C=O) groups excluding carboxylic acids is 1. The van der Waals surface area contributed by atoms with Crippen LogP contribution in [0.15, 0.2) is 12.3 Å². The lowest BCUT2D eigenvalue weighted by Crippen LogP contribution is -2.56. The maximum absolute atomic E-state index is 11.4. The van der Waals surface area contributed by atoms with E-state index in [0.29, 0.717) is 13.1 Å². The maximum Gasteiger partial charge on any atom is 0.239 e. The maximum atomic E-state index is 11.4. The lowest BCUT2D eigenvalue weighted by atomic mass is 10.0. The smallest absolute Gasteiger partial charge is 0.239 e. The van der Waals surface area contributed by atoms with Crippen molar-refractivity contribution in [2.75, 3.05) is 6.54 Å². The third kappa shape index (κ3) is 2.56. The van der Waals surface area contributed by atoms with Crippen molar-refractivity contribution < 1.29 is 4.79 Å². The number of nitrogens with one attached hydrogen (secondary N) is 1. The molecule has 0 aliphatic carbocycles. The van der Waals surface area contributed by atoms with Crippen molar-refractivity contribution in [1.82, 2.24) is 15.1 Å². The van der Waals surface area contributed by atoms with Crippen LogP contribution in [0.4, 0.5) is 0 Å². The summed E-state index contributed by atoms with van der Waals surface area (Å²) in [6.45, 7) is 6.83. The second kappa shape index (κ2) is 4.44. The second-order valence-corrected chi connectivity index (χ2v) is 3.86. The van der Waals surface area contributed by atoms with Crippen molar-refractivity contribution in [2.24, 2.45) is 5.73 Å². The Labute approximate surface area is 89.6 Å². The van der Waals surface area contributed by atoms with Crippen LogP contribution >= 0.6 is 0 Å². The lowest BCUT2D eigenvalue weighted by molar-refractivity contribution is -0.124. The van der Waals surface area contributed by atoms with Crippen LogP contribution in [0.3, 0.4) is 0 Å². The van der Waals surface area contributed by atoms with Gasteiger partial charge in [0.2, 0.25) is 5.91 Å². The fourth-order valence-electron chi connectivity index (χ4n) is 1.47. The minimum atomic E-state index is -0.745. The van der Waals surface area contributed by atoms with Crippen molar-refractivity contribution in [1.29, 1.82) is 0 Å². The summed E-state index contributed by atoms with van der Waals surface area (Å²) in [4.78, 5) is 11.4. The molecule has 0 aliphatic heterocycles. The molecule has 84 valence electrons. The predicted octanol–water partition coefficient (Wildman–Crippen LogP) is 0.0450. The molecule has 0 bridgehead atoms. The number of carbonyl (C=O) groups is 1. The van der Waals surface area contributed by atoms with Crippen LogP contribution in [-0.4, -0.2) is 27.8 Å². The van der Waals surface area contributed by atoms with E-state index in [9.17, 15) is 4.79 Å². The minimum Gasteiger partial charge on any atom is -0.368 e. The van der Waals surface area contributed by atoms with Gasteiger partial charge in [-0.15, -0.1) is 0 Å². The van der Waals surface area contributed by atoms with E-state index in [1.807, 2.05) is 19.9 Å². The molecule has 1 aromatic heterocycles. The molecule has 0 saturated heterocycles. The van der Waals surface area contributed by atoms with Crippen molar-refractivity contribution >= 4 is 5.91 Å². The second-order valence-electron chi connectivity index (χ2n) is 3.86. The molecule has 1 atom stereocenters. The Kier molecular flexibility index (Phi) is 3.47. The molecular weight excluding hydrogens is 192 g/mol. The zero-order chi connectivity index (χ0) is 11.5. The number of hydrogen-bond acceptors (Lipinski definition) is 3. The number of hydrogen-bond donors (Lipinski definition) is 2. The van der Waals surface area contributed by atoms with E-state index >= 15 is 0 Å². The number of amides is 1. The Morgan fingerprint density at radius 1 is 1.73 bits per heavy atom. The van der Waals surface area contributed by atoms with Gasteiger partial charge in [0.25, 0.3) is 0 Å². The van der Waals surface area contributed by atoms with E-state index in [0.717, 1.165) is 5.69 Å². The van der Waals surface area contributed by atoms with Crippen molar-refractivity contribution in [2.45, 2.75) is 32.9 Å². The molecule has 0 aromatic carbocycles. The van der Waals surface area contributed by atoms with Gasteiger partial charge in [-0.2, -0.15) is 5.10 Å². The summed E-state index contributed by atoms with van der Waals surface area (Å²) in [5.74, 6) is -0.362. The van der Waals surface area contributed by atoms with Gasteiger partial charge in [0.15, 0.2) is 0 Å². The molecule has 5 nitrogen and oxygen atoms in total. The summed E-state index contributed by atoms with van der Waals surface area (Å²) in [7, 11) is 0. The van der Waals surface area contributed by atoms with E-state index in [1.165, 1.54) is 0 Å².